The highest BCUT2D eigenvalue weighted by atomic mass is 16.4. The number of aryl methyl sites for hydroxylation is 1. The van der Waals surface area contributed by atoms with Crippen LogP contribution in [0.15, 0.2) is 18.3 Å². The Labute approximate surface area is 76.6 Å². The zero-order valence-corrected chi connectivity index (χ0v) is 7.45. The van der Waals surface area contributed by atoms with E-state index in [9.17, 15) is 4.79 Å². The van der Waals surface area contributed by atoms with Gasteiger partial charge in [-0.1, -0.05) is 6.07 Å². The molecular weight excluding hydrogens is 168 g/mol. The normalized spacial score (nSPS) is 9.62. The first-order chi connectivity index (χ1) is 6.22. The molecule has 0 atom stereocenters. The van der Waals surface area contributed by atoms with E-state index in [-0.39, 0.29) is 6.42 Å². The summed E-state index contributed by atoms with van der Waals surface area (Å²) >= 11 is 0. The van der Waals surface area contributed by atoms with Crippen molar-refractivity contribution >= 4 is 11.8 Å². The van der Waals surface area contributed by atoms with Crippen LogP contribution < -0.4 is 5.32 Å². The van der Waals surface area contributed by atoms with Crippen LogP contribution in [0.3, 0.4) is 0 Å². The topological polar surface area (TPSA) is 62.2 Å². The number of pyridine rings is 1. The zero-order chi connectivity index (χ0) is 9.68. The van der Waals surface area contributed by atoms with Crippen molar-refractivity contribution in [1.29, 1.82) is 0 Å². The summed E-state index contributed by atoms with van der Waals surface area (Å²) in [5.74, 6) is 0.0109. The highest BCUT2D eigenvalue weighted by Crippen LogP contribution is 2.05. The molecule has 1 rings (SSSR count). The Bertz CT molecular complexity index is 282. The van der Waals surface area contributed by atoms with E-state index >= 15 is 0 Å². The standard InChI is InChI=1S/C9H12N2O2/c1-10-8-4-2-7(6-11-8)3-5-9(12)13/h2,4,6H,3,5H2,1H3,(H,10,11)(H,12,13). The first kappa shape index (κ1) is 9.51. The van der Waals surface area contributed by atoms with Gasteiger partial charge in [-0.2, -0.15) is 0 Å². The van der Waals surface area contributed by atoms with Gasteiger partial charge >= 0.3 is 5.97 Å². The van der Waals surface area contributed by atoms with Gasteiger partial charge in [0.25, 0.3) is 0 Å². The summed E-state index contributed by atoms with van der Waals surface area (Å²) in [5.41, 5.74) is 0.946. The first-order valence-electron chi connectivity index (χ1n) is 4.07. The van der Waals surface area contributed by atoms with E-state index < -0.39 is 5.97 Å². The summed E-state index contributed by atoms with van der Waals surface area (Å²) < 4.78 is 0. The SMILES string of the molecule is CNc1ccc(CCC(=O)O)cn1. The summed E-state index contributed by atoms with van der Waals surface area (Å²) in [6, 6.07) is 3.71. The van der Waals surface area contributed by atoms with Gasteiger partial charge in [-0.15, -0.1) is 0 Å². The monoisotopic (exact) mass is 180 g/mol. The van der Waals surface area contributed by atoms with Gasteiger partial charge in [0.15, 0.2) is 0 Å². The van der Waals surface area contributed by atoms with Crippen molar-refractivity contribution < 1.29 is 9.90 Å². The number of carbonyl (C=O) groups is 1. The largest absolute Gasteiger partial charge is 0.481 e. The molecule has 0 unspecified atom stereocenters. The van der Waals surface area contributed by atoms with Gasteiger partial charge < -0.3 is 10.4 Å². The molecule has 0 aromatic carbocycles. The van der Waals surface area contributed by atoms with Gasteiger partial charge in [0.2, 0.25) is 0 Å². The third-order valence-electron chi connectivity index (χ3n) is 1.71. The fourth-order valence-electron chi connectivity index (χ4n) is 0.972. The summed E-state index contributed by atoms with van der Waals surface area (Å²) in [6.07, 6.45) is 2.38. The van der Waals surface area contributed by atoms with Crippen molar-refractivity contribution in [1.82, 2.24) is 4.98 Å². The number of hydrogen-bond donors (Lipinski definition) is 2. The van der Waals surface area contributed by atoms with Crippen molar-refractivity contribution in [3.8, 4) is 0 Å². The average molecular weight is 180 g/mol. The summed E-state index contributed by atoms with van der Waals surface area (Å²) in [6.45, 7) is 0. The van der Waals surface area contributed by atoms with Crippen LogP contribution in [0, 0.1) is 0 Å². The Balaban J connectivity index is 2.54. The number of nitrogens with one attached hydrogen (secondary N) is 1. The maximum Gasteiger partial charge on any atom is 0.303 e. The van der Waals surface area contributed by atoms with Gasteiger partial charge in [-0.3, -0.25) is 4.79 Å². The minimum absolute atomic E-state index is 0.153. The molecule has 0 bridgehead atoms. The summed E-state index contributed by atoms with van der Waals surface area (Å²) in [4.78, 5) is 14.3. The number of aliphatic carboxylic acids is 1. The lowest BCUT2D eigenvalue weighted by Gasteiger charge is -2.00. The highest BCUT2D eigenvalue weighted by molar-refractivity contribution is 5.67. The fourth-order valence-corrected chi connectivity index (χ4v) is 0.972. The van der Waals surface area contributed by atoms with Crippen molar-refractivity contribution in [2.24, 2.45) is 0 Å². The van der Waals surface area contributed by atoms with Crippen LogP contribution in [0.25, 0.3) is 0 Å². The van der Waals surface area contributed by atoms with Crippen molar-refractivity contribution in [2.45, 2.75) is 12.8 Å². The van der Waals surface area contributed by atoms with E-state index in [1.165, 1.54) is 0 Å². The lowest BCUT2D eigenvalue weighted by atomic mass is 10.1. The van der Waals surface area contributed by atoms with Crippen LogP contribution in [-0.2, 0) is 11.2 Å². The smallest absolute Gasteiger partial charge is 0.303 e. The average Bonchev–Trinajstić information content (AvgIpc) is 2.15. The van der Waals surface area contributed by atoms with E-state index in [1.54, 1.807) is 13.2 Å². The van der Waals surface area contributed by atoms with E-state index in [0.29, 0.717) is 6.42 Å². The molecule has 0 fully saturated rings. The minimum atomic E-state index is -0.780. The van der Waals surface area contributed by atoms with Crippen molar-refractivity contribution in [3.63, 3.8) is 0 Å². The molecule has 0 saturated heterocycles. The predicted octanol–water partition coefficient (Wildman–Crippen LogP) is 1.14. The van der Waals surface area contributed by atoms with Gasteiger partial charge in [-0.25, -0.2) is 4.98 Å². The van der Waals surface area contributed by atoms with Gasteiger partial charge in [-0.05, 0) is 18.1 Å². The van der Waals surface area contributed by atoms with Gasteiger partial charge in [0.05, 0.1) is 0 Å². The van der Waals surface area contributed by atoms with Crippen LogP contribution in [0.2, 0.25) is 0 Å². The molecule has 70 valence electrons. The molecule has 0 amide bonds. The quantitative estimate of drug-likeness (QED) is 0.729. The van der Waals surface area contributed by atoms with E-state index in [2.05, 4.69) is 10.3 Å². The zero-order valence-electron chi connectivity index (χ0n) is 7.45. The van der Waals surface area contributed by atoms with Gasteiger partial charge in [0, 0.05) is 19.7 Å². The minimum Gasteiger partial charge on any atom is -0.481 e. The molecule has 1 aromatic rings. The summed E-state index contributed by atoms with van der Waals surface area (Å²) in [5, 5.41) is 11.3. The molecule has 13 heavy (non-hydrogen) atoms. The lowest BCUT2D eigenvalue weighted by Crippen LogP contribution is -1.98. The maximum absolute atomic E-state index is 10.3. The fraction of sp³-hybridized carbons (Fsp3) is 0.333. The molecule has 1 aromatic heterocycles. The number of aromatic nitrogens is 1. The lowest BCUT2D eigenvalue weighted by molar-refractivity contribution is -0.136. The number of hydrogen-bond acceptors (Lipinski definition) is 3. The maximum atomic E-state index is 10.3. The number of carboxylic acid groups (broad SMARTS) is 1. The van der Waals surface area contributed by atoms with Crippen molar-refractivity contribution in [2.75, 3.05) is 12.4 Å². The molecular formula is C9H12N2O2. The van der Waals surface area contributed by atoms with Crippen LogP contribution in [0.4, 0.5) is 5.82 Å². The van der Waals surface area contributed by atoms with E-state index in [4.69, 9.17) is 5.11 Å². The molecule has 0 saturated carbocycles. The highest BCUT2D eigenvalue weighted by Gasteiger charge is 1.99. The summed E-state index contributed by atoms with van der Waals surface area (Å²) in [7, 11) is 1.79. The Morgan fingerprint density at radius 1 is 1.62 bits per heavy atom. The van der Waals surface area contributed by atoms with Crippen LogP contribution >= 0.6 is 0 Å². The molecule has 4 nitrogen and oxygen atoms in total. The molecule has 0 aliphatic carbocycles. The Morgan fingerprint density at radius 3 is 2.85 bits per heavy atom. The van der Waals surface area contributed by atoms with Gasteiger partial charge in [0.1, 0.15) is 5.82 Å². The third kappa shape index (κ3) is 3.11. The first-order valence-corrected chi connectivity index (χ1v) is 4.07. The second-order valence-corrected chi connectivity index (χ2v) is 2.70. The molecule has 1 heterocycles. The van der Waals surface area contributed by atoms with E-state index in [1.807, 2.05) is 12.1 Å². The Hall–Kier alpha value is -1.58. The second kappa shape index (κ2) is 4.45. The molecule has 0 aliphatic rings. The molecule has 4 heteroatoms. The van der Waals surface area contributed by atoms with Crippen LogP contribution in [-0.4, -0.2) is 23.1 Å². The van der Waals surface area contributed by atoms with Crippen LogP contribution in [0.5, 0.6) is 0 Å². The molecule has 0 aliphatic heterocycles. The number of nitrogens with zero attached hydrogens (tertiary/aromatic N) is 1. The van der Waals surface area contributed by atoms with E-state index in [0.717, 1.165) is 11.4 Å². The number of carboxylic acids is 1. The van der Waals surface area contributed by atoms with Crippen molar-refractivity contribution in [3.05, 3.63) is 23.9 Å². The Morgan fingerprint density at radius 2 is 2.38 bits per heavy atom. The second-order valence-electron chi connectivity index (χ2n) is 2.70. The number of anilines is 1. The number of rotatable bonds is 4. The molecule has 0 radical (unpaired) electrons. The van der Waals surface area contributed by atoms with Crippen LogP contribution in [0.1, 0.15) is 12.0 Å². The third-order valence-corrected chi connectivity index (χ3v) is 1.71. The predicted molar refractivity (Wildman–Crippen MR) is 49.7 cm³/mol. The Kier molecular flexibility index (Phi) is 3.25. The molecule has 0 spiro atoms. The molecule has 2 N–H and O–H groups in total.